The van der Waals surface area contributed by atoms with Crippen molar-refractivity contribution in [1.29, 1.82) is 0 Å². The van der Waals surface area contributed by atoms with Crippen molar-refractivity contribution < 1.29 is 19.1 Å². The van der Waals surface area contributed by atoms with Gasteiger partial charge in [0.05, 0.1) is 11.3 Å². The first-order chi connectivity index (χ1) is 8.56. The number of carboxylic acid groups (broad SMARTS) is 1. The van der Waals surface area contributed by atoms with Gasteiger partial charge < -0.3 is 15.7 Å². The second-order valence-corrected chi connectivity index (χ2v) is 4.28. The van der Waals surface area contributed by atoms with E-state index in [0.29, 0.717) is 12.5 Å². The lowest BCUT2D eigenvalue weighted by Crippen LogP contribution is -2.30. The monoisotopic (exact) mass is 252 g/mol. The van der Waals surface area contributed by atoms with E-state index in [4.69, 9.17) is 5.11 Å². The van der Waals surface area contributed by atoms with E-state index in [9.17, 15) is 14.0 Å². The standard InChI is InChI=1S/C12H13FN2O3/c13-9-4-3-8(11(16)17)5-10(9)15-12(18)14-6-7-1-2-7/h3-5,7H,1-2,6H2,(H,16,17)(H2,14,15,18). The lowest BCUT2D eigenvalue weighted by atomic mass is 10.2. The first-order valence-electron chi connectivity index (χ1n) is 5.64. The third-order valence-electron chi connectivity index (χ3n) is 2.71. The molecule has 0 unspecified atom stereocenters. The predicted molar refractivity (Wildman–Crippen MR) is 63.1 cm³/mol. The summed E-state index contributed by atoms with van der Waals surface area (Å²) in [6.07, 6.45) is 2.20. The van der Waals surface area contributed by atoms with Crippen LogP contribution in [0.15, 0.2) is 18.2 Å². The van der Waals surface area contributed by atoms with Crippen molar-refractivity contribution in [3.63, 3.8) is 0 Å². The lowest BCUT2D eigenvalue weighted by molar-refractivity contribution is 0.0697. The van der Waals surface area contributed by atoms with Gasteiger partial charge in [0, 0.05) is 6.54 Å². The van der Waals surface area contributed by atoms with Gasteiger partial charge in [0.25, 0.3) is 0 Å². The quantitative estimate of drug-likeness (QED) is 0.767. The van der Waals surface area contributed by atoms with Gasteiger partial charge in [0.2, 0.25) is 0 Å². The fourth-order valence-electron chi connectivity index (χ4n) is 1.48. The number of rotatable bonds is 4. The molecule has 0 aliphatic heterocycles. The van der Waals surface area contributed by atoms with Crippen LogP contribution in [-0.2, 0) is 0 Å². The molecule has 1 aliphatic rings. The minimum Gasteiger partial charge on any atom is -0.478 e. The number of aromatic carboxylic acids is 1. The molecular formula is C12H13FN2O3. The Morgan fingerprint density at radius 2 is 2.11 bits per heavy atom. The third-order valence-corrected chi connectivity index (χ3v) is 2.71. The van der Waals surface area contributed by atoms with E-state index in [1.807, 2.05) is 0 Å². The first-order valence-corrected chi connectivity index (χ1v) is 5.64. The predicted octanol–water partition coefficient (Wildman–Crippen LogP) is 2.06. The molecule has 0 aromatic heterocycles. The molecule has 0 atom stereocenters. The number of amides is 2. The number of anilines is 1. The SMILES string of the molecule is O=C(NCC1CC1)Nc1cc(C(=O)O)ccc1F. The smallest absolute Gasteiger partial charge is 0.335 e. The maximum Gasteiger partial charge on any atom is 0.335 e. The number of nitrogens with one attached hydrogen (secondary N) is 2. The summed E-state index contributed by atoms with van der Waals surface area (Å²) in [7, 11) is 0. The van der Waals surface area contributed by atoms with E-state index in [0.717, 1.165) is 31.0 Å². The van der Waals surface area contributed by atoms with Crippen LogP contribution < -0.4 is 10.6 Å². The zero-order valence-electron chi connectivity index (χ0n) is 9.57. The van der Waals surface area contributed by atoms with Crippen LogP contribution in [0.1, 0.15) is 23.2 Å². The summed E-state index contributed by atoms with van der Waals surface area (Å²) in [4.78, 5) is 22.2. The molecule has 1 aliphatic carbocycles. The highest BCUT2D eigenvalue weighted by Gasteiger charge is 2.21. The van der Waals surface area contributed by atoms with Gasteiger partial charge in [0.15, 0.2) is 0 Å². The lowest BCUT2D eigenvalue weighted by Gasteiger charge is -2.08. The van der Waals surface area contributed by atoms with Gasteiger partial charge in [-0.25, -0.2) is 14.0 Å². The summed E-state index contributed by atoms with van der Waals surface area (Å²) in [6, 6.07) is 2.72. The second-order valence-electron chi connectivity index (χ2n) is 4.28. The van der Waals surface area contributed by atoms with Gasteiger partial charge in [-0.3, -0.25) is 0 Å². The largest absolute Gasteiger partial charge is 0.478 e. The van der Waals surface area contributed by atoms with Gasteiger partial charge in [-0.1, -0.05) is 0 Å². The number of benzene rings is 1. The Bertz CT molecular complexity index is 486. The number of halogens is 1. The van der Waals surface area contributed by atoms with E-state index >= 15 is 0 Å². The molecule has 18 heavy (non-hydrogen) atoms. The maximum atomic E-state index is 13.4. The molecule has 2 rings (SSSR count). The summed E-state index contributed by atoms with van der Waals surface area (Å²) in [5.74, 6) is -1.32. The normalized spacial score (nSPS) is 14.1. The van der Waals surface area contributed by atoms with E-state index in [-0.39, 0.29) is 11.3 Å². The highest BCUT2D eigenvalue weighted by atomic mass is 19.1. The molecule has 6 heteroatoms. The molecule has 0 radical (unpaired) electrons. The number of hydrogen-bond donors (Lipinski definition) is 3. The topological polar surface area (TPSA) is 78.4 Å². The van der Waals surface area contributed by atoms with Crippen molar-refractivity contribution in [3.05, 3.63) is 29.6 Å². The Labute approximate surface area is 103 Å². The van der Waals surface area contributed by atoms with Gasteiger partial charge in [-0.05, 0) is 37.0 Å². The molecule has 0 spiro atoms. The van der Waals surface area contributed by atoms with Gasteiger partial charge in [0.1, 0.15) is 5.82 Å². The van der Waals surface area contributed by atoms with Crippen molar-refractivity contribution in [3.8, 4) is 0 Å². The van der Waals surface area contributed by atoms with Crippen molar-refractivity contribution in [2.45, 2.75) is 12.8 Å². The van der Waals surface area contributed by atoms with Gasteiger partial charge >= 0.3 is 12.0 Å². The van der Waals surface area contributed by atoms with Gasteiger partial charge in [-0.2, -0.15) is 0 Å². The van der Waals surface area contributed by atoms with Gasteiger partial charge in [-0.15, -0.1) is 0 Å². The van der Waals surface area contributed by atoms with Crippen molar-refractivity contribution in [1.82, 2.24) is 5.32 Å². The fourth-order valence-corrected chi connectivity index (χ4v) is 1.48. The zero-order valence-corrected chi connectivity index (χ0v) is 9.57. The van der Waals surface area contributed by atoms with Crippen molar-refractivity contribution in [2.24, 2.45) is 5.92 Å². The summed E-state index contributed by atoms with van der Waals surface area (Å²) >= 11 is 0. The molecule has 1 aromatic carbocycles. The number of carbonyl (C=O) groups is 2. The van der Waals surface area contributed by atoms with E-state index in [1.165, 1.54) is 0 Å². The maximum absolute atomic E-state index is 13.4. The molecule has 1 aromatic rings. The molecule has 1 saturated carbocycles. The molecule has 5 nitrogen and oxygen atoms in total. The Balaban J connectivity index is 1.99. The fraction of sp³-hybridized carbons (Fsp3) is 0.333. The second kappa shape index (κ2) is 5.03. The Kier molecular flexibility index (Phi) is 3.45. The Morgan fingerprint density at radius 1 is 1.39 bits per heavy atom. The third kappa shape index (κ3) is 3.19. The van der Waals surface area contributed by atoms with Crippen LogP contribution in [0.2, 0.25) is 0 Å². The van der Waals surface area contributed by atoms with E-state index in [1.54, 1.807) is 0 Å². The first kappa shape index (κ1) is 12.3. The summed E-state index contributed by atoms with van der Waals surface area (Å²) in [5, 5.41) is 13.7. The number of carbonyl (C=O) groups excluding carboxylic acids is 1. The summed E-state index contributed by atoms with van der Waals surface area (Å²) in [6.45, 7) is 0.562. The molecule has 3 N–H and O–H groups in total. The van der Waals surface area contributed by atoms with Crippen LogP contribution in [0.25, 0.3) is 0 Å². The number of urea groups is 1. The van der Waals surface area contributed by atoms with Crippen molar-refractivity contribution >= 4 is 17.7 Å². The van der Waals surface area contributed by atoms with Crippen LogP contribution in [-0.4, -0.2) is 23.7 Å². The van der Waals surface area contributed by atoms with E-state index < -0.39 is 17.8 Å². The molecule has 0 heterocycles. The molecule has 96 valence electrons. The Hall–Kier alpha value is -2.11. The van der Waals surface area contributed by atoms with Crippen LogP contribution in [0.5, 0.6) is 0 Å². The highest BCUT2D eigenvalue weighted by molar-refractivity contribution is 5.93. The number of carboxylic acids is 1. The Morgan fingerprint density at radius 3 is 2.72 bits per heavy atom. The van der Waals surface area contributed by atoms with Crippen LogP contribution in [0.3, 0.4) is 0 Å². The number of hydrogen-bond acceptors (Lipinski definition) is 2. The van der Waals surface area contributed by atoms with Crippen LogP contribution >= 0.6 is 0 Å². The molecule has 1 fully saturated rings. The minimum absolute atomic E-state index is 0.0751. The van der Waals surface area contributed by atoms with Crippen LogP contribution in [0, 0.1) is 11.7 Å². The molecule has 2 amide bonds. The minimum atomic E-state index is -1.17. The molecule has 0 saturated heterocycles. The highest BCUT2D eigenvalue weighted by Crippen LogP contribution is 2.27. The molecule has 0 bridgehead atoms. The average Bonchev–Trinajstić information content (AvgIpc) is 3.13. The van der Waals surface area contributed by atoms with Crippen LogP contribution in [0.4, 0.5) is 14.9 Å². The summed E-state index contributed by atoms with van der Waals surface area (Å²) in [5.41, 5.74) is -0.211. The molecular weight excluding hydrogens is 239 g/mol. The van der Waals surface area contributed by atoms with Crippen molar-refractivity contribution in [2.75, 3.05) is 11.9 Å². The average molecular weight is 252 g/mol. The van der Waals surface area contributed by atoms with E-state index in [2.05, 4.69) is 10.6 Å². The zero-order chi connectivity index (χ0) is 13.1. The summed E-state index contributed by atoms with van der Waals surface area (Å²) < 4.78 is 13.4.